The molecule has 0 spiro atoms. The molecular formula is C16H27NO2. The molecule has 1 aromatic carbocycles. The average Bonchev–Trinajstić information content (AvgIpc) is 2.43. The van der Waals surface area contributed by atoms with E-state index in [4.69, 9.17) is 15.2 Å². The number of ether oxygens (including phenoxy) is 2. The first-order chi connectivity index (χ1) is 9.27. The first-order valence-corrected chi connectivity index (χ1v) is 7.28. The summed E-state index contributed by atoms with van der Waals surface area (Å²) >= 11 is 0. The van der Waals surface area contributed by atoms with E-state index < -0.39 is 0 Å². The molecule has 0 atom stereocenters. The molecule has 0 aromatic heterocycles. The zero-order valence-corrected chi connectivity index (χ0v) is 12.3. The Morgan fingerprint density at radius 1 is 1.05 bits per heavy atom. The molecule has 2 N–H and O–H groups in total. The average molecular weight is 265 g/mol. The van der Waals surface area contributed by atoms with Crippen molar-refractivity contribution in [2.75, 3.05) is 19.5 Å². The Bertz CT molecular complexity index is 353. The third-order valence-electron chi connectivity index (χ3n) is 3.21. The molecule has 0 aliphatic carbocycles. The normalized spacial score (nSPS) is 10.6. The van der Waals surface area contributed by atoms with Crippen LogP contribution in [0.4, 0.5) is 5.69 Å². The van der Waals surface area contributed by atoms with Crippen LogP contribution >= 0.6 is 0 Å². The topological polar surface area (TPSA) is 44.5 Å². The van der Waals surface area contributed by atoms with Crippen molar-refractivity contribution in [3.8, 4) is 5.75 Å². The molecule has 19 heavy (non-hydrogen) atoms. The van der Waals surface area contributed by atoms with E-state index in [1.807, 2.05) is 18.2 Å². The zero-order valence-electron chi connectivity index (χ0n) is 12.3. The Morgan fingerprint density at radius 2 is 1.79 bits per heavy atom. The first-order valence-electron chi connectivity index (χ1n) is 7.28. The molecule has 0 saturated carbocycles. The van der Waals surface area contributed by atoms with Gasteiger partial charge in [0.05, 0.1) is 13.7 Å². The van der Waals surface area contributed by atoms with Gasteiger partial charge in [-0.1, -0.05) is 45.1 Å². The fourth-order valence-electron chi connectivity index (χ4n) is 2.05. The maximum Gasteiger partial charge on any atom is 0.126 e. The van der Waals surface area contributed by atoms with Crippen LogP contribution in [0.25, 0.3) is 0 Å². The summed E-state index contributed by atoms with van der Waals surface area (Å²) in [7, 11) is 1.66. The van der Waals surface area contributed by atoms with Crippen LogP contribution in [0.1, 0.15) is 51.0 Å². The zero-order chi connectivity index (χ0) is 13.9. The van der Waals surface area contributed by atoms with Gasteiger partial charge in [-0.05, 0) is 12.5 Å². The van der Waals surface area contributed by atoms with Crippen molar-refractivity contribution in [1.82, 2.24) is 0 Å². The van der Waals surface area contributed by atoms with E-state index in [0.29, 0.717) is 6.61 Å². The standard InChI is InChI=1S/C16H27NO2/c1-3-4-5-6-7-8-11-19-13-14-9-10-15(17)12-16(14)18-2/h9-10,12H,3-8,11,13,17H2,1-2H3. The Balaban J connectivity index is 2.15. The molecule has 0 radical (unpaired) electrons. The van der Waals surface area contributed by atoms with Crippen molar-refractivity contribution in [2.45, 2.75) is 52.1 Å². The smallest absolute Gasteiger partial charge is 0.126 e. The number of methoxy groups -OCH3 is 1. The lowest BCUT2D eigenvalue weighted by atomic mass is 10.1. The quantitative estimate of drug-likeness (QED) is 0.510. The summed E-state index contributed by atoms with van der Waals surface area (Å²) in [6, 6.07) is 5.69. The van der Waals surface area contributed by atoms with E-state index in [9.17, 15) is 0 Å². The van der Waals surface area contributed by atoms with E-state index in [1.54, 1.807) is 7.11 Å². The minimum absolute atomic E-state index is 0.596. The molecule has 0 aliphatic heterocycles. The van der Waals surface area contributed by atoms with Crippen molar-refractivity contribution in [3.63, 3.8) is 0 Å². The van der Waals surface area contributed by atoms with Crippen LogP contribution in [0.2, 0.25) is 0 Å². The van der Waals surface area contributed by atoms with Crippen molar-refractivity contribution in [2.24, 2.45) is 0 Å². The van der Waals surface area contributed by atoms with Crippen LogP contribution in [-0.2, 0) is 11.3 Å². The van der Waals surface area contributed by atoms with Gasteiger partial charge in [0.1, 0.15) is 5.75 Å². The molecule has 0 unspecified atom stereocenters. The second kappa shape index (κ2) is 9.68. The Labute approximate surface area is 117 Å². The van der Waals surface area contributed by atoms with Gasteiger partial charge in [-0.25, -0.2) is 0 Å². The fraction of sp³-hybridized carbons (Fsp3) is 0.625. The molecule has 3 nitrogen and oxygen atoms in total. The summed E-state index contributed by atoms with van der Waals surface area (Å²) in [6.45, 7) is 3.65. The van der Waals surface area contributed by atoms with Crippen LogP contribution in [0, 0.1) is 0 Å². The first kappa shape index (κ1) is 15.8. The highest BCUT2D eigenvalue weighted by Gasteiger charge is 2.03. The molecule has 0 bridgehead atoms. The Kier molecular flexibility index (Phi) is 8.07. The van der Waals surface area contributed by atoms with Gasteiger partial charge in [0.2, 0.25) is 0 Å². The van der Waals surface area contributed by atoms with E-state index in [1.165, 1.54) is 32.1 Å². The lowest BCUT2D eigenvalue weighted by Crippen LogP contribution is -1.99. The van der Waals surface area contributed by atoms with Gasteiger partial charge in [-0.2, -0.15) is 0 Å². The molecule has 0 aliphatic rings. The summed E-state index contributed by atoms with van der Waals surface area (Å²) in [4.78, 5) is 0. The number of rotatable bonds is 10. The maximum atomic E-state index is 5.72. The number of nitrogen functional groups attached to an aromatic ring is 1. The second-order valence-corrected chi connectivity index (χ2v) is 4.89. The number of nitrogens with two attached hydrogens (primary N) is 1. The molecule has 108 valence electrons. The van der Waals surface area contributed by atoms with Crippen molar-refractivity contribution in [1.29, 1.82) is 0 Å². The van der Waals surface area contributed by atoms with E-state index >= 15 is 0 Å². The predicted octanol–water partition coefficient (Wildman–Crippen LogP) is 4.15. The third-order valence-corrected chi connectivity index (χ3v) is 3.21. The predicted molar refractivity (Wildman–Crippen MR) is 80.4 cm³/mol. The SMILES string of the molecule is CCCCCCCCOCc1ccc(N)cc1OC. The molecule has 0 fully saturated rings. The summed E-state index contributed by atoms with van der Waals surface area (Å²) in [6.07, 6.45) is 7.72. The molecule has 1 rings (SSSR count). The summed E-state index contributed by atoms with van der Waals surface area (Å²) < 4.78 is 11.0. The molecule has 3 heteroatoms. The van der Waals surface area contributed by atoms with E-state index in [2.05, 4.69) is 6.92 Å². The number of unbranched alkanes of at least 4 members (excludes halogenated alkanes) is 5. The number of benzene rings is 1. The van der Waals surface area contributed by atoms with Crippen molar-refractivity contribution < 1.29 is 9.47 Å². The van der Waals surface area contributed by atoms with Crippen molar-refractivity contribution in [3.05, 3.63) is 23.8 Å². The van der Waals surface area contributed by atoms with Crippen LogP contribution in [0.15, 0.2) is 18.2 Å². The van der Waals surface area contributed by atoms with E-state index in [-0.39, 0.29) is 0 Å². The van der Waals surface area contributed by atoms with Gasteiger partial charge in [0.15, 0.2) is 0 Å². The van der Waals surface area contributed by atoms with E-state index in [0.717, 1.165) is 30.0 Å². The minimum Gasteiger partial charge on any atom is -0.496 e. The number of hydrogen-bond acceptors (Lipinski definition) is 3. The summed E-state index contributed by atoms with van der Waals surface area (Å²) in [5, 5.41) is 0. The fourth-order valence-corrected chi connectivity index (χ4v) is 2.05. The van der Waals surface area contributed by atoms with Gasteiger partial charge in [-0.3, -0.25) is 0 Å². The van der Waals surface area contributed by atoms with Gasteiger partial charge in [0.25, 0.3) is 0 Å². The van der Waals surface area contributed by atoms with Crippen LogP contribution < -0.4 is 10.5 Å². The highest BCUT2D eigenvalue weighted by molar-refractivity contribution is 5.48. The van der Waals surface area contributed by atoms with Gasteiger partial charge >= 0.3 is 0 Å². The number of anilines is 1. The largest absolute Gasteiger partial charge is 0.496 e. The van der Waals surface area contributed by atoms with Gasteiger partial charge < -0.3 is 15.2 Å². The van der Waals surface area contributed by atoms with Crippen LogP contribution in [0.3, 0.4) is 0 Å². The monoisotopic (exact) mass is 265 g/mol. The second-order valence-electron chi connectivity index (χ2n) is 4.89. The molecule has 0 heterocycles. The minimum atomic E-state index is 0.596. The summed E-state index contributed by atoms with van der Waals surface area (Å²) in [5.74, 6) is 0.808. The molecular weight excluding hydrogens is 238 g/mol. The molecule has 1 aromatic rings. The maximum absolute atomic E-state index is 5.72. The lowest BCUT2D eigenvalue weighted by Gasteiger charge is -2.10. The van der Waals surface area contributed by atoms with Crippen LogP contribution in [-0.4, -0.2) is 13.7 Å². The highest BCUT2D eigenvalue weighted by Crippen LogP contribution is 2.22. The molecule has 0 amide bonds. The van der Waals surface area contributed by atoms with Crippen LogP contribution in [0.5, 0.6) is 5.75 Å². The Hall–Kier alpha value is -1.22. The third kappa shape index (κ3) is 6.48. The molecule has 0 saturated heterocycles. The van der Waals surface area contributed by atoms with Crippen molar-refractivity contribution >= 4 is 5.69 Å². The number of hydrogen-bond donors (Lipinski definition) is 1. The van der Waals surface area contributed by atoms with Gasteiger partial charge in [-0.15, -0.1) is 0 Å². The Morgan fingerprint density at radius 3 is 2.53 bits per heavy atom. The van der Waals surface area contributed by atoms with Gasteiger partial charge in [0, 0.05) is 23.9 Å². The highest BCUT2D eigenvalue weighted by atomic mass is 16.5. The summed E-state index contributed by atoms with van der Waals surface area (Å²) in [5.41, 5.74) is 7.49. The lowest BCUT2D eigenvalue weighted by molar-refractivity contribution is 0.115.